The highest BCUT2D eigenvalue weighted by atomic mass is 35.5. The average molecular weight is 312 g/mol. The van der Waals surface area contributed by atoms with Crippen LogP contribution in [0.3, 0.4) is 0 Å². The van der Waals surface area contributed by atoms with Gasteiger partial charge in [-0.05, 0) is 37.4 Å². The third-order valence-electron chi connectivity index (χ3n) is 4.00. The molecule has 0 radical (unpaired) electrons. The lowest BCUT2D eigenvalue weighted by atomic mass is 10.0. The summed E-state index contributed by atoms with van der Waals surface area (Å²) in [7, 11) is 0. The summed E-state index contributed by atoms with van der Waals surface area (Å²) in [5, 5.41) is 4.16. The van der Waals surface area contributed by atoms with Crippen LogP contribution in [0.2, 0.25) is 5.02 Å². The van der Waals surface area contributed by atoms with Gasteiger partial charge < -0.3 is 10.2 Å². The number of pyridine rings is 1. The molecule has 0 saturated carbocycles. The van der Waals surface area contributed by atoms with E-state index in [4.69, 9.17) is 11.6 Å². The van der Waals surface area contributed by atoms with E-state index < -0.39 is 0 Å². The van der Waals surface area contributed by atoms with Crippen LogP contribution in [-0.4, -0.2) is 24.6 Å². The van der Waals surface area contributed by atoms with E-state index in [0.717, 1.165) is 54.9 Å². The largest absolute Gasteiger partial charge is 0.357 e. The molecule has 0 unspecified atom stereocenters. The van der Waals surface area contributed by atoms with Gasteiger partial charge in [0.25, 0.3) is 0 Å². The van der Waals surface area contributed by atoms with Gasteiger partial charge in [-0.1, -0.05) is 45.2 Å². The standard InChI is InChI=1S/C17H30ClN3/c1-5-9-19-11-15-10-17(20-12-16(15)18)21(8-4)13-14(6-2)7-3/h10,12,14,19H,5-9,11,13H2,1-4H3. The van der Waals surface area contributed by atoms with Gasteiger partial charge in [0.2, 0.25) is 0 Å². The van der Waals surface area contributed by atoms with Gasteiger partial charge in [0.05, 0.1) is 5.02 Å². The van der Waals surface area contributed by atoms with Gasteiger partial charge in [0, 0.05) is 25.8 Å². The van der Waals surface area contributed by atoms with Crippen molar-refractivity contribution >= 4 is 17.4 Å². The van der Waals surface area contributed by atoms with Crippen molar-refractivity contribution in [3.63, 3.8) is 0 Å². The number of rotatable bonds is 10. The molecule has 0 bridgehead atoms. The number of halogens is 1. The van der Waals surface area contributed by atoms with Gasteiger partial charge in [-0.15, -0.1) is 0 Å². The fraction of sp³-hybridized carbons (Fsp3) is 0.706. The second-order valence-corrected chi connectivity index (χ2v) is 5.94. The van der Waals surface area contributed by atoms with Crippen LogP contribution in [0.4, 0.5) is 5.82 Å². The van der Waals surface area contributed by atoms with Crippen LogP contribution in [0, 0.1) is 5.92 Å². The summed E-state index contributed by atoms with van der Waals surface area (Å²) >= 11 is 6.26. The summed E-state index contributed by atoms with van der Waals surface area (Å²) in [4.78, 5) is 6.88. The van der Waals surface area contributed by atoms with Gasteiger partial charge >= 0.3 is 0 Å². The molecule has 0 aromatic carbocycles. The Labute approximate surface area is 135 Å². The topological polar surface area (TPSA) is 28.2 Å². The molecule has 4 heteroatoms. The highest BCUT2D eigenvalue weighted by Crippen LogP contribution is 2.22. The molecular formula is C17H30ClN3. The Balaban J connectivity index is 2.81. The molecule has 1 aromatic rings. The Bertz CT molecular complexity index is 405. The molecule has 0 aliphatic rings. The first-order chi connectivity index (χ1) is 10.2. The van der Waals surface area contributed by atoms with Crippen LogP contribution in [0.25, 0.3) is 0 Å². The van der Waals surface area contributed by atoms with E-state index in [1.807, 2.05) is 0 Å². The van der Waals surface area contributed by atoms with Gasteiger partial charge in [-0.3, -0.25) is 0 Å². The second kappa shape index (κ2) is 10.0. The van der Waals surface area contributed by atoms with E-state index >= 15 is 0 Å². The first kappa shape index (κ1) is 18.2. The van der Waals surface area contributed by atoms with Crippen LogP contribution >= 0.6 is 11.6 Å². The van der Waals surface area contributed by atoms with E-state index in [2.05, 4.69) is 49.0 Å². The van der Waals surface area contributed by atoms with E-state index in [9.17, 15) is 0 Å². The summed E-state index contributed by atoms with van der Waals surface area (Å²) in [6.45, 7) is 12.8. The van der Waals surface area contributed by atoms with E-state index in [-0.39, 0.29) is 0 Å². The summed E-state index contributed by atoms with van der Waals surface area (Å²) in [6.07, 6.45) is 5.34. The van der Waals surface area contributed by atoms with Gasteiger partial charge in [0.15, 0.2) is 0 Å². The monoisotopic (exact) mass is 311 g/mol. The van der Waals surface area contributed by atoms with Crippen molar-refractivity contribution in [2.24, 2.45) is 5.92 Å². The molecule has 0 atom stereocenters. The molecule has 21 heavy (non-hydrogen) atoms. The fourth-order valence-corrected chi connectivity index (χ4v) is 2.59. The second-order valence-electron chi connectivity index (χ2n) is 5.53. The molecule has 0 aliphatic carbocycles. The summed E-state index contributed by atoms with van der Waals surface area (Å²) in [5.41, 5.74) is 1.14. The predicted octanol–water partition coefficient (Wildman–Crippen LogP) is 4.50. The molecule has 1 N–H and O–H groups in total. The van der Waals surface area contributed by atoms with Crippen LogP contribution < -0.4 is 10.2 Å². The molecule has 0 saturated heterocycles. The molecule has 1 heterocycles. The molecule has 3 nitrogen and oxygen atoms in total. The van der Waals surface area contributed by atoms with Crippen LogP contribution in [0.1, 0.15) is 52.5 Å². The van der Waals surface area contributed by atoms with Crippen LogP contribution in [-0.2, 0) is 6.54 Å². The van der Waals surface area contributed by atoms with Crippen molar-refractivity contribution in [1.29, 1.82) is 0 Å². The minimum atomic E-state index is 0.726. The quantitative estimate of drug-likeness (QED) is 0.645. The van der Waals surface area contributed by atoms with Crippen molar-refractivity contribution in [3.05, 3.63) is 22.8 Å². The molecule has 1 aromatic heterocycles. The molecule has 0 fully saturated rings. The van der Waals surface area contributed by atoms with Crippen molar-refractivity contribution in [3.8, 4) is 0 Å². The third kappa shape index (κ3) is 5.84. The third-order valence-corrected chi connectivity index (χ3v) is 4.34. The normalized spacial score (nSPS) is 11.1. The van der Waals surface area contributed by atoms with Crippen molar-refractivity contribution < 1.29 is 0 Å². The fourth-order valence-electron chi connectivity index (χ4n) is 2.42. The Morgan fingerprint density at radius 1 is 1.24 bits per heavy atom. The van der Waals surface area contributed by atoms with Crippen molar-refractivity contribution in [1.82, 2.24) is 10.3 Å². The predicted molar refractivity (Wildman–Crippen MR) is 93.2 cm³/mol. The first-order valence-corrected chi connectivity index (χ1v) is 8.63. The highest BCUT2D eigenvalue weighted by molar-refractivity contribution is 6.31. The lowest BCUT2D eigenvalue weighted by Crippen LogP contribution is -2.30. The van der Waals surface area contributed by atoms with E-state index in [0.29, 0.717) is 0 Å². The molecular weight excluding hydrogens is 282 g/mol. The Kier molecular flexibility index (Phi) is 8.70. The number of hydrogen-bond acceptors (Lipinski definition) is 3. The molecule has 1 rings (SSSR count). The number of aromatic nitrogens is 1. The smallest absolute Gasteiger partial charge is 0.128 e. The summed E-state index contributed by atoms with van der Waals surface area (Å²) in [5.74, 6) is 1.77. The maximum atomic E-state index is 6.26. The molecule has 0 amide bonds. The summed E-state index contributed by atoms with van der Waals surface area (Å²) < 4.78 is 0. The van der Waals surface area contributed by atoms with Crippen molar-refractivity contribution in [2.45, 2.75) is 53.5 Å². The lowest BCUT2D eigenvalue weighted by Gasteiger charge is -2.27. The number of nitrogens with one attached hydrogen (secondary N) is 1. The number of hydrogen-bond donors (Lipinski definition) is 1. The SMILES string of the molecule is CCCNCc1cc(N(CC)CC(CC)CC)ncc1Cl. The zero-order chi connectivity index (χ0) is 15.7. The summed E-state index contributed by atoms with van der Waals surface area (Å²) in [6, 6.07) is 2.14. The maximum absolute atomic E-state index is 6.26. The lowest BCUT2D eigenvalue weighted by molar-refractivity contribution is 0.484. The minimum Gasteiger partial charge on any atom is -0.357 e. The van der Waals surface area contributed by atoms with Gasteiger partial charge in [-0.2, -0.15) is 0 Å². The van der Waals surface area contributed by atoms with Crippen LogP contribution in [0.15, 0.2) is 12.3 Å². The Hall–Kier alpha value is -0.800. The Morgan fingerprint density at radius 3 is 2.52 bits per heavy atom. The maximum Gasteiger partial charge on any atom is 0.128 e. The number of nitrogens with zero attached hydrogens (tertiary/aromatic N) is 2. The van der Waals surface area contributed by atoms with Crippen LogP contribution in [0.5, 0.6) is 0 Å². The minimum absolute atomic E-state index is 0.726. The van der Waals surface area contributed by atoms with Gasteiger partial charge in [0.1, 0.15) is 5.82 Å². The highest BCUT2D eigenvalue weighted by Gasteiger charge is 2.13. The molecule has 120 valence electrons. The first-order valence-electron chi connectivity index (χ1n) is 8.26. The van der Waals surface area contributed by atoms with Gasteiger partial charge in [-0.25, -0.2) is 4.98 Å². The van der Waals surface area contributed by atoms with E-state index in [1.165, 1.54) is 12.8 Å². The molecule has 0 aliphatic heterocycles. The van der Waals surface area contributed by atoms with Crippen molar-refractivity contribution in [2.75, 3.05) is 24.5 Å². The van der Waals surface area contributed by atoms with E-state index in [1.54, 1.807) is 6.20 Å². The molecule has 0 spiro atoms. The average Bonchev–Trinajstić information content (AvgIpc) is 2.51. The Morgan fingerprint density at radius 2 is 1.95 bits per heavy atom. The zero-order valence-electron chi connectivity index (χ0n) is 14.0. The number of anilines is 1. The zero-order valence-corrected chi connectivity index (χ0v) is 14.7.